The van der Waals surface area contributed by atoms with Gasteiger partial charge in [-0.2, -0.15) is 5.26 Å². The molecule has 0 bridgehead atoms. The number of carbonyl (C=O) groups is 1. The maximum atomic E-state index is 11.3. The molecule has 1 fully saturated rings. The fourth-order valence-electron chi connectivity index (χ4n) is 1.45. The number of sulfone groups is 1. The molecule has 14 heavy (non-hydrogen) atoms. The fourth-order valence-corrected chi connectivity index (χ4v) is 3.21. The highest BCUT2D eigenvalue weighted by atomic mass is 32.2. The molecule has 1 saturated heterocycles. The SMILES string of the molecule is N#CCC(=O)NCC1CCCS1(=O)=O. The first-order valence-electron chi connectivity index (χ1n) is 4.41. The van der Waals surface area contributed by atoms with Crippen LogP contribution in [-0.4, -0.2) is 31.9 Å². The van der Waals surface area contributed by atoms with Gasteiger partial charge in [-0.25, -0.2) is 8.42 Å². The second-order valence-corrected chi connectivity index (χ2v) is 5.67. The van der Waals surface area contributed by atoms with Crippen LogP contribution in [-0.2, 0) is 14.6 Å². The summed E-state index contributed by atoms with van der Waals surface area (Å²) in [5, 5.41) is 10.2. The molecule has 1 amide bonds. The van der Waals surface area contributed by atoms with Crippen LogP contribution < -0.4 is 5.32 Å². The minimum absolute atomic E-state index is 0.142. The van der Waals surface area contributed by atoms with E-state index in [2.05, 4.69) is 5.32 Å². The van der Waals surface area contributed by atoms with Crippen LogP contribution in [0.15, 0.2) is 0 Å². The summed E-state index contributed by atoms with van der Waals surface area (Å²) in [6.45, 7) is 0.142. The minimum Gasteiger partial charge on any atom is -0.354 e. The summed E-state index contributed by atoms with van der Waals surface area (Å²) in [6.07, 6.45) is 1.06. The molecule has 0 aromatic carbocycles. The maximum absolute atomic E-state index is 11.3. The Balaban J connectivity index is 2.40. The van der Waals surface area contributed by atoms with Crippen molar-refractivity contribution in [3.63, 3.8) is 0 Å². The van der Waals surface area contributed by atoms with Crippen LogP contribution in [0.5, 0.6) is 0 Å². The summed E-state index contributed by atoms with van der Waals surface area (Å²) >= 11 is 0. The van der Waals surface area contributed by atoms with Crippen LogP contribution in [0, 0.1) is 11.3 Å². The standard InChI is InChI=1S/C8H12N2O3S/c9-4-3-8(11)10-6-7-2-1-5-14(7,12)13/h7H,1-3,5-6H2,(H,10,11). The predicted octanol–water partition coefficient (Wildman–Crippen LogP) is -0.407. The van der Waals surface area contributed by atoms with Crippen molar-refractivity contribution >= 4 is 15.7 Å². The summed E-state index contributed by atoms with van der Waals surface area (Å²) in [5.41, 5.74) is 0. The van der Waals surface area contributed by atoms with E-state index in [1.807, 2.05) is 0 Å². The van der Waals surface area contributed by atoms with Crippen LogP contribution in [0.3, 0.4) is 0 Å². The second-order valence-electron chi connectivity index (χ2n) is 3.27. The topological polar surface area (TPSA) is 87.0 Å². The maximum Gasteiger partial charge on any atom is 0.234 e. The Morgan fingerprint density at radius 1 is 1.57 bits per heavy atom. The molecule has 1 atom stereocenters. The number of nitriles is 1. The van der Waals surface area contributed by atoms with Crippen molar-refractivity contribution in [2.75, 3.05) is 12.3 Å². The van der Waals surface area contributed by atoms with E-state index in [4.69, 9.17) is 5.26 Å². The Morgan fingerprint density at radius 2 is 2.29 bits per heavy atom. The van der Waals surface area contributed by atoms with Crippen molar-refractivity contribution < 1.29 is 13.2 Å². The summed E-state index contributed by atoms with van der Waals surface area (Å²) in [6, 6.07) is 1.70. The summed E-state index contributed by atoms with van der Waals surface area (Å²) in [4.78, 5) is 10.9. The number of carbonyl (C=O) groups excluding carboxylic acids is 1. The highest BCUT2D eigenvalue weighted by Gasteiger charge is 2.31. The van der Waals surface area contributed by atoms with E-state index in [-0.39, 0.29) is 18.7 Å². The van der Waals surface area contributed by atoms with Gasteiger partial charge in [0, 0.05) is 6.54 Å². The summed E-state index contributed by atoms with van der Waals surface area (Å²) in [5.74, 6) is -0.194. The van der Waals surface area contributed by atoms with Crippen molar-refractivity contribution in [2.24, 2.45) is 0 Å². The van der Waals surface area contributed by atoms with Gasteiger partial charge in [0.05, 0.1) is 17.1 Å². The Kier molecular flexibility index (Phi) is 3.47. The molecule has 0 aliphatic carbocycles. The normalized spacial score (nSPS) is 24.1. The molecular weight excluding hydrogens is 204 g/mol. The Hall–Kier alpha value is -1.09. The van der Waals surface area contributed by atoms with E-state index in [1.54, 1.807) is 6.07 Å². The molecule has 0 radical (unpaired) electrons. The zero-order valence-electron chi connectivity index (χ0n) is 7.69. The average molecular weight is 216 g/mol. The number of nitrogens with zero attached hydrogens (tertiary/aromatic N) is 1. The van der Waals surface area contributed by atoms with Crippen molar-refractivity contribution in [1.82, 2.24) is 5.32 Å². The third-order valence-corrected chi connectivity index (χ3v) is 4.51. The Morgan fingerprint density at radius 3 is 2.79 bits per heavy atom. The van der Waals surface area contributed by atoms with E-state index in [9.17, 15) is 13.2 Å². The Bertz CT molecular complexity index is 355. The Labute approximate surface area is 83.0 Å². The van der Waals surface area contributed by atoms with Gasteiger partial charge in [0.15, 0.2) is 9.84 Å². The molecule has 78 valence electrons. The molecule has 1 N–H and O–H groups in total. The van der Waals surface area contributed by atoms with Gasteiger partial charge in [-0.15, -0.1) is 0 Å². The van der Waals surface area contributed by atoms with Gasteiger partial charge >= 0.3 is 0 Å². The first kappa shape index (κ1) is 11.0. The van der Waals surface area contributed by atoms with Gasteiger partial charge in [0.2, 0.25) is 5.91 Å². The molecule has 0 spiro atoms. The molecule has 0 aromatic rings. The van der Waals surface area contributed by atoms with Gasteiger partial charge in [0.25, 0.3) is 0 Å². The first-order valence-corrected chi connectivity index (χ1v) is 6.13. The molecule has 1 heterocycles. The molecule has 0 aromatic heterocycles. The van der Waals surface area contributed by atoms with Crippen molar-refractivity contribution in [2.45, 2.75) is 24.5 Å². The molecule has 1 rings (SSSR count). The van der Waals surface area contributed by atoms with E-state index in [0.717, 1.165) is 0 Å². The zero-order chi connectivity index (χ0) is 10.6. The predicted molar refractivity (Wildman–Crippen MR) is 50.0 cm³/mol. The molecule has 5 nitrogen and oxygen atoms in total. The van der Waals surface area contributed by atoms with Gasteiger partial charge < -0.3 is 5.32 Å². The second kappa shape index (κ2) is 4.42. The molecule has 0 saturated carbocycles. The summed E-state index contributed by atoms with van der Waals surface area (Å²) in [7, 11) is -3.00. The van der Waals surface area contributed by atoms with Gasteiger partial charge in [-0.3, -0.25) is 4.79 Å². The largest absolute Gasteiger partial charge is 0.354 e. The molecule has 1 unspecified atom stereocenters. The molecule has 1 aliphatic rings. The average Bonchev–Trinajstić information content (AvgIpc) is 2.42. The van der Waals surface area contributed by atoms with Crippen molar-refractivity contribution in [1.29, 1.82) is 5.26 Å². The lowest BCUT2D eigenvalue weighted by atomic mass is 10.2. The minimum atomic E-state index is -3.00. The van der Waals surface area contributed by atoms with Crippen LogP contribution in [0.2, 0.25) is 0 Å². The molecule has 1 aliphatic heterocycles. The molecular formula is C8H12N2O3S. The highest BCUT2D eigenvalue weighted by molar-refractivity contribution is 7.92. The monoisotopic (exact) mass is 216 g/mol. The van der Waals surface area contributed by atoms with E-state index in [1.165, 1.54) is 0 Å². The van der Waals surface area contributed by atoms with Crippen molar-refractivity contribution in [3.8, 4) is 6.07 Å². The summed E-state index contributed by atoms with van der Waals surface area (Å²) < 4.78 is 22.6. The first-order chi connectivity index (χ1) is 6.56. The van der Waals surface area contributed by atoms with E-state index in [0.29, 0.717) is 12.8 Å². The lowest BCUT2D eigenvalue weighted by Crippen LogP contribution is -2.34. The lowest BCUT2D eigenvalue weighted by molar-refractivity contribution is -0.120. The van der Waals surface area contributed by atoms with Crippen molar-refractivity contribution in [3.05, 3.63) is 0 Å². The lowest BCUT2D eigenvalue weighted by Gasteiger charge is -2.09. The number of nitrogens with one attached hydrogen (secondary N) is 1. The number of rotatable bonds is 3. The molecule has 6 heteroatoms. The van der Waals surface area contributed by atoms with Gasteiger partial charge in [-0.1, -0.05) is 0 Å². The van der Waals surface area contributed by atoms with Crippen LogP contribution >= 0.6 is 0 Å². The third kappa shape index (κ3) is 2.70. The van der Waals surface area contributed by atoms with Gasteiger partial charge in [-0.05, 0) is 12.8 Å². The van der Waals surface area contributed by atoms with E-state index >= 15 is 0 Å². The quantitative estimate of drug-likeness (QED) is 0.695. The van der Waals surface area contributed by atoms with Crippen LogP contribution in [0.4, 0.5) is 0 Å². The number of hydrogen-bond acceptors (Lipinski definition) is 4. The third-order valence-electron chi connectivity index (χ3n) is 2.23. The zero-order valence-corrected chi connectivity index (χ0v) is 8.51. The van der Waals surface area contributed by atoms with Crippen LogP contribution in [0.25, 0.3) is 0 Å². The number of hydrogen-bond donors (Lipinski definition) is 1. The van der Waals surface area contributed by atoms with Crippen LogP contribution in [0.1, 0.15) is 19.3 Å². The van der Waals surface area contributed by atoms with E-state index < -0.39 is 21.0 Å². The van der Waals surface area contributed by atoms with Gasteiger partial charge in [0.1, 0.15) is 6.42 Å². The number of amides is 1. The highest BCUT2D eigenvalue weighted by Crippen LogP contribution is 2.18. The fraction of sp³-hybridized carbons (Fsp3) is 0.750. The smallest absolute Gasteiger partial charge is 0.234 e.